The fourth-order valence-corrected chi connectivity index (χ4v) is 3.32. The monoisotopic (exact) mass is 299 g/mol. The lowest BCUT2D eigenvalue weighted by molar-refractivity contribution is 0.0949. The van der Waals surface area contributed by atoms with Gasteiger partial charge in [-0.1, -0.05) is 0 Å². The molecule has 2 aromatic rings. The number of fused-ring (bicyclic) bond motifs is 1. The molecule has 1 fully saturated rings. The molecule has 1 atom stereocenters. The summed E-state index contributed by atoms with van der Waals surface area (Å²) in [4.78, 5) is 16.7. The maximum atomic E-state index is 12.3. The molecule has 1 aliphatic heterocycles. The lowest BCUT2D eigenvalue weighted by Crippen LogP contribution is -2.31. The van der Waals surface area contributed by atoms with E-state index in [-0.39, 0.29) is 5.91 Å². The third-order valence-corrected chi connectivity index (χ3v) is 4.89. The first-order valence-corrected chi connectivity index (χ1v) is 8.14. The third-order valence-electron chi connectivity index (χ3n) is 4.89. The van der Waals surface area contributed by atoms with Crippen LogP contribution in [0, 0.1) is 0 Å². The fourth-order valence-electron chi connectivity index (χ4n) is 3.32. The van der Waals surface area contributed by atoms with Crippen LogP contribution in [0.25, 0.3) is 0 Å². The van der Waals surface area contributed by atoms with Gasteiger partial charge in [-0.15, -0.1) is 0 Å². The summed E-state index contributed by atoms with van der Waals surface area (Å²) < 4.78 is 4.13. The average molecular weight is 299 g/mol. The van der Waals surface area contributed by atoms with Gasteiger partial charge in [0.25, 0.3) is 5.91 Å². The van der Waals surface area contributed by atoms with Crippen LogP contribution >= 0.6 is 0 Å². The predicted octanol–water partition coefficient (Wildman–Crippen LogP) is 2.11. The highest BCUT2D eigenvalue weighted by Gasteiger charge is 2.23. The van der Waals surface area contributed by atoms with Crippen LogP contribution in [-0.2, 0) is 6.54 Å². The van der Waals surface area contributed by atoms with Gasteiger partial charge in [0.15, 0.2) is 0 Å². The van der Waals surface area contributed by atoms with Gasteiger partial charge in [0.1, 0.15) is 5.82 Å². The van der Waals surface area contributed by atoms with Crippen LogP contribution in [0.3, 0.4) is 0 Å². The number of carbonyl (C=O) groups is 1. The summed E-state index contributed by atoms with van der Waals surface area (Å²) in [5, 5.41) is 7.36. The normalized spacial score (nSPS) is 21.2. The lowest BCUT2D eigenvalue weighted by atomic mass is 9.93. The van der Waals surface area contributed by atoms with Crippen LogP contribution in [0.2, 0.25) is 0 Å². The molecule has 0 aromatic carbocycles. The Morgan fingerprint density at radius 1 is 1.32 bits per heavy atom. The third kappa shape index (κ3) is 2.42. The van der Waals surface area contributed by atoms with Gasteiger partial charge < -0.3 is 9.88 Å². The Labute approximate surface area is 129 Å². The maximum Gasteiger partial charge on any atom is 0.254 e. The van der Waals surface area contributed by atoms with Gasteiger partial charge in [0, 0.05) is 37.6 Å². The first-order chi connectivity index (χ1) is 10.8. The summed E-state index contributed by atoms with van der Waals surface area (Å²) in [6.07, 6.45) is 13.3. The second-order valence-corrected chi connectivity index (χ2v) is 6.32. The quantitative estimate of drug-likeness (QED) is 0.940. The van der Waals surface area contributed by atoms with Crippen LogP contribution in [-0.4, -0.2) is 31.8 Å². The van der Waals surface area contributed by atoms with E-state index in [2.05, 4.69) is 20.0 Å². The highest BCUT2D eigenvalue weighted by atomic mass is 16.1. The zero-order valence-electron chi connectivity index (χ0n) is 12.6. The molecule has 6 heteroatoms. The van der Waals surface area contributed by atoms with Crippen molar-refractivity contribution < 1.29 is 4.79 Å². The number of hydrogen-bond donors (Lipinski definition) is 1. The molecule has 1 saturated carbocycles. The molecule has 2 aliphatic rings. The number of amides is 1. The van der Waals surface area contributed by atoms with Crippen molar-refractivity contribution in [3.8, 4) is 0 Å². The topological polar surface area (TPSA) is 64.7 Å². The lowest BCUT2D eigenvalue weighted by Gasteiger charge is -2.25. The van der Waals surface area contributed by atoms with Crippen molar-refractivity contribution in [3.05, 3.63) is 36.2 Å². The van der Waals surface area contributed by atoms with Gasteiger partial charge >= 0.3 is 0 Å². The molecule has 22 heavy (non-hydrogen) atoms. The largest absolute Gasteiger partial charge is 0.351 e. The van der Waals surface area contributed by atoms with Gasteiger partial charge in [-0.3, -0.25) is 9.48 Å². The highest BCUT2D eigenvalue weighted by Crippen LogP contribution is 2.30. The minimum Gasteiger partial charge on any atom is -0.351 e. The van der Waals surface area contributed by atoms with Crippen LogP contribution in [0.1, 0.15) is 60.2 Å². The van der Waals surface area contributed by atoms with Crippen LogP contribution in [0.4, 0.5) is 0 Å². The molecule has 6 nitrogen and oxygen atoms in total. The van der Waals surface area contributed by atoms with Crippen LogP contribution < -0.4 is 5.32 Å². The molecule has 0 bridgehead atoms. The minimum atomic E-state index is -0.0331. The number of carbonyl (C=O) groups excluding carboxylic acids is 1. The maximum absolute atomic E-state index is 12.3. The summed E-state index contributed by atoms with van der Waals surface area (Å²) >= 11 is 0. The number of imidazole rings is 1. The molecule has 1 aliphatic carbocycles. The first kappa shape index (κ1) is 13.5. The van der Waals surface area contributed by atoms with Gasteiger partial charge in [-0.05, 0) is 32.1 Å². The van der Waals surface area contributed by atoms with Crippen molar-refractivity contribution in [3.63, 3.8) is 0 Å². The fraction of sp³-hybridized carbons (Fsp3) is 0.562. The minimum absolute atomic E-state index is 0.0331. The Hall–Kier alpha value is -2.11. The van der Waals surface area contributed by atoms with Gasteiger partial charge in [-0.2, -0.15) is 5.10 Å². The number of hydrogen-bond acceptors (Lipinski definition) is 3. The molecule has 0 radical (unpaired) electrons. The van der Waals surface area contributed by atoms with Crippen molar-refractivity contribution >= 4 is 5.91 Å². The molecule has 3 heterocycles. The van der Waals surface area contributed by atoms with E-state index in [4.69, 9.17) is 0 Å². The number of aromatic nitrogens is 4. The number of nitrogens with zero attached hydrogens (tertiary/aromatic N) is 4. The van der Waals surface area contributed by atoms with Crippen molar-refractivity contribution in [2.45, 2.75) is 50.6 Å². The molecule has 0 saturated heterocycles. The van der Waals surface area contributed by atoms with E-state index < -0.39 is 0 Å². The zero-order chi connectivity index (χ0) is 14.9. The van der Waals surface area contributed by atoms with E-state index in [9.17, 15) is 4.79 Å². The Morgan fingerprint density at radius 3 is 3.05 bits per heavy atom. The standard InChI is InChI=1S/C16H21N5O/c22-16(13-10-19-21(11-13)14-4-1-5-14)18-9-12-3-2-7-20-8-6-17-15(12)20/h6,8,10-12,14H,1-5,7,9H2,(H,18,22). The Morgan fingerprint density at radius 2 is 2.23 bits per heavy atom. The summed E-state index contributed by atoms with van der Waals surface area (Å²) in [6.45, 7) is 1.68. The second-order valence-electron chi connectivity index (χ2n) is 6.32. The van der Waals surface area contributed by atoms with Crippen molar-refractivity contribution in [2.24, 2.45) is 0 Å². The molecule has 2 aromatic heterocycles. The first-order valence-electron chi connectivity index (χ1n) is 8.14. The van der Waals surface area contributed by atoms with Gasteiger partial charge in [0.2, 0.25) is 0 Å². The van der Waals surface area contributed by atoms with Crippen LogP contribution in [0.15, 0.2) is 24.8 Å². The second kappa shape index (κ2) is 5.59. The zero-order valence-corrected chi connectivity index (χ0v) is 12.6. The molecule has 1 amide bonds. The number of rotatable bonds is 4. The molecule has 116 valence electrons. The summed E-state index contributed by atoms with van der Waals surface area (Å²) in [6, 6.07) is 0.493. The number of aryl methyl sites for hydroxylation is 1. The molecule has 0 spiro atoms. The highest BCUT2D eigenvalue weighted by molar-refractivity contribution is 5.93. The Kier molecular flexibility index (Phi) is 3.44. The van der Waals surface area contributed by atoms with Gasteiger partial charge in [-0.25, -0.2) is 4.98 Å². The molecule has 1 N–H and O–H groups in total. The van der Waals surface area contributed by atoms with E-state index in [0.29, 0.717) is 24.1 Å². The number of nitrogens with one attached hydrogen (secondary N) is 1. The predicted molar refractivity (Wildman–Crippen MR) is 81.7 cm³/mol. The van der Waals surface area contributed by atoms with E-state index in [1.54, 1.807) is 6.20 Å². The van der Waals surface area contributed by atoms with E-state index >= 15 is 0 Å². The summed E-state index contributed by atoms with van der Waals surface area (Å²) in [7, 11) is 0. The Balaban J connectivity index is 1.38. The van der Waals surface area contributed by atoms with E-state index in [0.717, 1.165) is 25.2 Å². The molecular formula is C16H21N5O. The average Bonchev–Trinajstić information content (AvgIpc) is 3.11. The smallest absolute Gasteiger partial charge is 0.254 e. The summed E-state index contributed by atoms with van der Waals surface area (Å²) in [5.41, 5.74) is 0.658. The SMILES string of the molecule is O=C(NCC1CCCn2ccnc21)c1cnn(C2CCC2)c1. The van der Waals surface area contributed by atoms with Crippen molar-refractivity contribution in [2.75, 3.05) is 6.54 Å². The molecular weight excluding hydrogens is 278 g/mol. The molecule has 1 unspecified atom stereocenters. The molecule has 4 rings (SSSR count). The van der Waals surface area contributed by atoms with Crippen LogP contribution in [0.5, 0.6) is 0 Å². The van der Waals surface area contributed by atoms with E-state index in [1.807, 2.05) is 23.3 Å². The van der Waals surface area contributed by atoms with Crippen molar-refractivity contribution in [1.29, 1.82) is 0 Å². The Bertz CT molecular complexity index is 670. The van der Waals surface area contributed by atoms with E-state index in [1.165, 1.54) is 19.3 Å². The summed E-state index contributed by atoms with van der Waals surface area (Å²) in [5.74, 6) is 1.38. The van der Waals surface area contributed by atoms with Gasteiger partial charge in [0.05, 0.1) is 17.8 Å². The van der Waals surface area contributed by atoms with Crippen molar-refractivity contribution in [1.82, 2.24) is 24.6 Å².